The molecule has 0 unspecified atom stereocenters. The number of benzene rings is 2. The molecule has 2 heterocycles. The Bertz CT molecular complexity index is 1370. The number of aryl methyl sites for hydroxylation is 2. The zero-order valence-electron chi connectivity index (χ0n) is 17.9. The van der Waals surface area contributed by atoms with Gasteiger partial charge in [-0.25, -0.2) is 0 Å². The summed E-state index contributed by atoms with van der Waals surface area (Å²) >= 11 is 0. The van der Waals surface area contributed by atoms with Gasteiger partial charge in [0, 0.05) is 40.2 Å². The van der Waals surface area contributed by atoms with Crippen molar-refractivity contribution in [2.45, 2.75) is 26.7 Å². The van der Waals surface area contributed by atoms with Crippen molar-refractivity contribution in [3.8, 4) is 23.0 Å². The standard InChI is InChI=1S/C24H24N2O5/c1-5-18-13(6-14-8-20(27)21(28)11-19(14)26-18)7-17-16-10-23(31-4)22(30-3)9-15(16)12(2)25-24(17)29/h6,8-11,27-28H,5,7H2,1-4H3,(H,25,29). The van der Waals surface area contributed by atoms with E-state index in [1.54, 1.807) is 14.2 Å². The highest BCUT2D eigenvalue weighted by atomic mass is 16.5. The lowest BCUT2D eigenvalue weighted by Crippen LogP contribution is -2.16. The Morgan fingerprint density at radius 2 is 1.61 bits per heavy atom. The number of fused-ring (bicyclic) bond motifs is 2. The largest absolute Gasteiger partial charge is 0.504 e. The average Bonchev–Trinajstić information content (AvgIpc) is 2.76. The molecule has 7 nitrogen and oxygen atoms in total. The third kappa shape index (κ3) is 3.52. The van der Waals surface area contributed by atoms with Gasteiger partial charge in [-0.1, -0.05) is 6.92 Å². The molecule has 7 heteroatoms. The van der Waals surface area contributed by atoms with Gasteiger partial charge in [-0.3, -0.25) is 9.78 Å². The topological polar surface area (TPSA) is 105 Å². The smallest absolute Gasteiger partial charge is 0.252 e. The number of nitrogens with zero attached hydrogens (tertiary/aromatic N) is 1. The molecule has 0 atom stereocenters. The second-order valence-electron chi connectivity index (χ2n) is 7.47. The number of aromatic hydroxyl groups is 2. The molecule has 0 aliphatic carbocycles. The normalized spacial score (nSPS) is 11.2. The Morgan fingerprint density at radius 3 is 2.26 bits per heavy atom. The minimum Gasteiger partial charge on any atom is -0.504 e. The van der Waals surface area contributed by atoms with Crippen LogP contribution >= 0.6 is 0 Å². The van der Waals surface area contributed by atoms with Crippen molar-refractivity contribution in [3.05, 3.63) is 63.2 Å². The van der Waals surface area contributed by atoms with Gasteiger partial charge in [0.25, 0.3) is 5.56 Å². The van der Waals surface area contributed by atoms with Crippen molar-refractivity contribution in [1.82, 2.24) is 9.97 Å². The molecule has 0 fully saturated rings. The number of aromatic nitrogens is 2. The van der Waals surface area contributed by atoms with Crippen LogP contribution in [0.2, 0.25) is 0 Å². The Labute approximate surface area is 178 Å². The molecular weight excluding hydrogens is 396 g/mol. The summed E-state index contributed by atoms with van der Waals surface area (Å²) < 4.78 is 10.9. The molecule has 0 aliphatic heterocycles. The lowest BCUT2D eigenvalue weighted by Gasteiger charge is -2.15. The Kier molecular flexibility index (Phi) is 5.19. The van der Waals surface area contributed by atoms with Gasteiger partial charge in [-0.15, -0.1) is 0 Å². The first-order chi connectivity index (χ1) is 14.9. The van der Waals surface area contributed by atoms with Crippen LogP contribution < -0.4 is 15.0 Å². The van der Waals surface area contributed by atoms with Gasteiger partial charge in [0.1, 0.15) is 0 Å². The fourth-order valence-electron chi connectivity index (χ4n) is 3.98. The fourth-order valence-corrected chi connectivity index (χ4v) is 3.98. The number of rotatable bonds is 5. The van der Waals surface area contributed by atoms with Crippen molar-refractivity contribution in [2.75, 3.05) is 14.2 Å². The van der Waals surface area contributed by atoms with E-state index in [2.05, 4.69) is 9.97 Å². The minimum absolute atomic E-state index is 0.173. The van der Waals surface area contributed by atoms with Crippen molar-refractivity contribution < 1.29 is 19.7 Å². The molecule has 2 aromatic carbocycles. The second-order valence-corrected chi connectivity index (χ2v) is 7.47. The number of methoxy groups -OCH3 is 2. The first-order valence-corrected chi connectivity index (χ1v) is 9.98. The molecule has 0 radical (unpaired) electrons. The number of aromatic amines is 1. The number of nitrogens with one attached hydrogen (secondary N) is 1. The van der Waals surface area contributed by atoms with Crippen LogP contribution in [0.5, 0.6) is 23.0 Å². The van der Waals surface area contributed by atoms with Crippen LogP contribution in [0.3, 0.4) is 0 Å². The number of phenolic OH excluding ortho intramolecular Hbond substituents is 2. The zero-order valence-corrected chi connectivity index (χ0v) is 17.9. The summed E-state index contributed by atoms with van der Waals surface area (Å²) in [5.41, 5.74) is 3.47. The van der Waals surface area contributed by atoms with Crippen LogP contribution in [0.15, 0.2) is 35.1 Å². The second kappa shape index (κ2) is 7.83. The Hall–Kier alpha value is -3.74. The number of H-pyrrole nitrogens is 1. The van der Waals surface area contributed by atoms with Crippen LogP contribution in [0.25, 0.3) is 21.7 Å². The third-order valence-electron chi connectivity index (χ3n) is 5.61. The summed E-state index contributed by atoms with van der Waals surface area (Å²) in [7, 11) is 3.14. The van der Waals surface area contributed by atoms with E-state index in [4.69, 9.17) is 9.47 Å². The molecule has 31 heavy (non-hydrogen) atoms. The lowest BCUT2D eigenvalue weighted by molar-refractivity contribution is 0.356. The van der Waals surface area contributed by atoms with Crippen LogP contribution in [-0.2, 0) is 12.8 Å². The maximum atomic E-state index is 13.0. The summed E-state index contributed by atoms with van der Waals surface area (Å²) in [5, 5.41) is 22.0. The number of hydrogen-bond donors (Lipinski definition) is 3. The van der Waals surface area contributed by atoms with E-state index in [0.717, 1.165) is 27.7 Å². The maximum absolute atomic E-state index is 13.0. The molecule has 4 rings (SSSR count). The molecule has 2 aromatic heterocycles. The molecule has 0 saturated heterocycles. The van der Waals surface area contributed by atoms with Crippen LogP contribution in [0, 0.1) is 6.92 Å². The summed E-state index contributed by atoms with van der Waals surface area (Å²) in [5.74, 6) is 0.721. The Morgan fingerprint density at radius 1 is 0.968 bits per heavy atom. The highest BCUT2D eigenvalue weighted by molar-refractivity contribution is 5.91. The SMILES string of the molecule is CCc1nc2cc(O)c(O)cc2cc1Cc1c(=O)[nH]c(C)c2cc(OC)c(OC)cc12. The lowest BCUT2D eigenvalue weighted by atomic mass is 9.96. The predicted molar refractivity (Wildman–Crippen MR) is 120 cm³/mol. The monoisotopic (exact) mass is 420 g/mol. The van der Waals surface area contributed by atoms with E-state index < -0.39 is 0 Å². The zero-order chi connectivity index (χ0) is 22.3. The summed E-state index contributed by atoms with van der Waals surface area (Å²) in [4.78, 5) is 20.5. The van der Waals surface area contributed by atoms with E-state index in [0.29, 0.717) is 40.8 Å². The maximum Gasteiger partial charge on any atom is 0.252 e. The highest BCUT2D eigenvalue weighted by Crippen LogP contribution is 2.35. The third-order valence-corrected chi connectivity index (χ3v) is 5.61. The Balaban J connectivity index is 1.95. The average molecular weight is 420 g/mol. The fraction of sp³-hybridized carbons (Fsp3) is 0.250. The van der Waals surface area contributed by atoms with Gasteiger partial charge in [-0.2, -0.15) is 0 Å². The van der Waals surface area contributed by atoms with Gasteiger partial charge < -0.3 is 24.7 Å². The van der Waals surface area contributed by atoms with Gasteiger partial charge in [-0.05, 0) is 48.6 Å². The van der Waals surface area contributed by atoms with Crippen molar-refractivity contribution >= 4 is 21.7 Å². The van der Waals surface area contributed by atoms with E-state index >= 15 is 0 Å². The van der Waals surface area contributed by atoms with Crippen LogP contribution in [0.1, 0.15) is 29.4 Å². The van der Waals surface area contributed by atoms with Gasteiger partial charge in [0.15, 0.2) is 23.0 Å². The minimum atomic E-state index is -0.211. The van der Waals surface area contributed by atoms with Gasteiger partial charge >= 0.3 is 0 Å². The molecule has 160 valence electrons. The van der Waals surface area contributed by atoms with E-state index in [1.165, 1.54) is 12.1 Å². The molecule has 0 amide bonds. The summed E-state index contributed by atoms with van der Waals surface area (Å²) in [6.45, 7) is 3.84. The predicted octanol–water partition coefficient (Wildman–Crippen LogP) is 3.97. The van der Waals surface area contributed by atoms with E-state index in [1.807, 2.05) is 32.0 Å². The summed E-state index contributed by atoms with van der Waals surface area (Å²) in [6.07, 6.45) is 1.01. The molecule has 0 bridgehead atoms. The van der Waals surface area contributed by atoms with Crippen molar-refractivity contribution in [2.24, 2.45) is 0 Å². The molecule has 3 N–H and O–H groups in total. The van der Waals surface area contributed by atoms with Gasteiger partial charge in [0.05, 0.1) is 19.7 Å². The van der Waals surface area contributed by atoms with Crippen LogP contribution in [0.4, 0.5) is 0 Å². The number of hydrogen-bond acceptors (Lipinski definition) is 6. The number of pyridine rings is 2. The molecular formula is C24H24N2O5. The quantitative estimate of drug-likeness (QED) is 0.422. The molecule has 4 aromatic rings. The first-order valence-electron chi connectivity index (χ1n) is 9.98. The number of ether oxygens (including phenoxy) is 2. The van der Waals surface area contributed by atoms with E-state index in [9.17, 15) is 15.0 Å². The molecule has 0 aliphatic rings. The summed E-state index contributed by atoms with van der Waals surface area (Å²) in [6, 6.07) is 8.52. The molecule has 0 spiro atoms. The van der Waals surface area contributed by atoms with E-state index in [-0.39, 0.29) is 17.1 Å². The van der Waals surface area contributed by atoms with Crippen molar-refractivity contribution in [3.63, 3.8) is 0 Å². The molecule has 0 saturated carbocycles. The van der Waals surface area contributed by atoms with Crippen LogP contribution in [-0.4, -0.2) is 34.4 Å². The van der Waals surface area contributed by atoms with Crippen molar-refractivity contribution in [1.29, 1.82) is 0 Å². The highest BCUT2D eigenvalue weighted by Gasteiger charge is 2.17. The number of phenols is 2. The first kappa shape index (κ1) is 20.5. The van der Waals surface area contributed by atoms with Gasteiger partial charge in [0.2, 0.25) is 0 Å².